The SMILES string of the molecule is NCC1CCCC(CNc2nc(/C=C/c3ccc(-c4cc5ccccc5s4)cc3)nc3cc(Cl)ccc23)C1. The Morgan fingerprint density at radius 1 is 0.947 bits per heavy atom. The van der Waals surface area contributed by atoms with Crippen molar-refractivity contribution in [2.75, 3.05) is 18.4 Å². The molecule has 1 aliphatic rings. The van der Waals surface area contributed by atoms with E-state index in [-0.39, 0.29) is 0 Å². The summed E-state index contributed by atoms with van der Waals surface area (Å²) in [5.74, 6) is 2.79. The van der Waals surface area contributed by atoms with Gasteiger partial charge in [0.2, 0.25) is 0 Å². The maximum atomic E-state index is 6.31. The highest BCUT2D eigenvalue weighted by Crippen LogP contribution is 2.34. The number of fused-ring (bicyclic) bond motifs is 2. The van der Waals surface area contributed by atoms with Crippen LogP contribution in [0.4, 0.5) is 5.82 Å². The minimum absolute atomic E-state index is 0.619. The number of halogens is 1. The van der Waals surface area contributed by atoms with E-state index >= 15 is 0 Å². The normalized spacial score (nSPS) is 17.9. The topological polar surface area (TPSA) is 63.8 Å². The highest BCUT2D eigenvalue weighted by molar-refractivity contribution is 7.22. The molecule has 4 nitrogen and oxygen atoms in total. The van der Waals surface area contributed by atoms with Crippen molar-refractivity contribution in [3.63, 3.8) is 0 Å². The molecule has 1 fully saturated rings. The third-order valence-electron chi connectivity index (χ3n) is 7.50. The fourth-order valence-electron chi connectivity index (χ4n) is 5.43. The Morgan fingerprint density at radius 2 is 1.79 bits per heavy atom. The molecular weight excluding hydrogens is 508 g/mol. The number of hydrogen-bond donors (Lipinski definition) is 2. The van der Waals surface area contributed by atoms with Crippen LogP contribution in [0.25, 0.3) is 43.6 Å². The summed E-state index contributed by atoms with van der Waals surface area (Å²) in [4.78, 5) is 10.9. The number of rotatable bonds is 7. The van der Waals surface area contributed by atoms with Gasteiger partial charge in [-0.2, -0.15) is 0 Å². The van der Waals surface area contributed by atoms with Gasteiger partial charge in [0.1, 0.15) is 5.82 Å². The lowest BCUT2D eigenvalue weighted by molar-refractivity contribution is 0.281. The van der Waals surface area contributed by atoms with Crippen molar-refractivity contribution in [3.8, 4) is 10.4 Å². The lowest BCUT2D eigenvalue weighted by Gasteiger charge is -2.28. The van der Waals surface area contributed by atoms with Gasteiger partial charge in [0, 0.05) is 26.5 Å². The van der Waals surface area contributed by atoms with Gasteiger partial charge in [-0.25, -0.2) is 9.97 Å². The van der Waals surface area contributed by atoms with Crippen LogP contribution in [-0.4, -0.2) is 23.1 Å². The fourth-order valence-corrected chi connectivity index (χ4v) is 6.66. The molecule has 0 amide bonds. The zero-order chi connectivity index (χ0) is 25.9. The van der Waals surface area contributed by atoms with Crippen molar-refractivity contribution in [1.29, 1.82) is 0 Å². The third kappa shape index (κ3) is 5.60. The van der Waals surface area contributed by atoms with E-state index in [1.54, 1.807) is 0 Å². The molecule has 5 aromatic rings. The van der Waals surface area contributed by atoms with E-state index in [4.69, 9.17) is 27.3 Å². The summed E-state index contributed by atoms with van der Waals surface area (Å²) in [6.07, 6.45) is 8.97. The van der Waals surface area contributed by atoms with Crippen LogP contribution in [0, 0.1) is 11.8 Å². The Kier molecular flexibility index (Phi) is 7.41. The summed E-state index contributed by atoms with van der Waals surface area (Å²) < 4.78 is 1.31. The van der Waals surface area contributed by atoms with E-state index in [0.29, 0.717) is 22.7 Å². The minimum Gasteiger partial charge on any atom is -0.369 e. The van der Waals surface area contributed by atoms with Gasteiger partial charge in [-0.15, -0.1) is 11.3 Å². The van der Waals surface area contributed by atoms with Gasteiger partial charge in [0.25, 0.3) is 0 Å². The van der Waals surface area contributed by atoms with E-state index < -0.39 is 0 Å². The van der Waals surface area contributed by atoms with Crippen molar-refractivity contribution >= 4 is 61.9 Å². The van der Waals surface area contributed by atoms with Gasteiger partial charge in [-0.1, -0.05) is 66.6 Å². The standard InChI is InChI=1S/C32H31ClN4S/c33-26-13-14-27-28(18-26)36-31(37-32(27)35-20-23-5-3-4-22(16-23)19-34)15-10-21-8-11-24(12-9-21)30-17-25-6-1-2-7-29(25)38-30/h1-2,6-15,17-18,22-23H,3-5,16,19-20,34H2,(H,35,36,37)/b15-10+. The van der Waals surface area contributed by atoms with Crippen LogP contribution in [-0.2, 0) is 0 Å². The summed E-state index contributed by atoms with van der Waals surface area (Å²) in [5.41, 5.74) is 9.13. The van der Waals surface area contributed by atoms with Crippen LogP contribution in [0.3, 0.4) is 0 Å². The van der Waals surface area contributed by atoms with E-state index in [9.17, 15) is 0 Å². The molecule has 2 heterocycles. The average Bonchev–Trinajstić information content (AvgIpc) is 3.39. The molecule has 0 saturated heterocycles. The van der Waals surface area contributed by atoms with Crippen LogP contribution in [0.5, 0.6) is 0 Å². The van der Waals surface area contributed by atoms with E-state index in [2.05, 4.69) is 66.0 Å². The second kappa shape index (κ2) is 11.2. The molecule has 2 atom stereocenters. The van der Waals surface area contributed by atoms with Crippen LogP contribution >= 0.6 is 22.9 Å². The van der Waals surface area contributed by atoms with E-state index in [0.717, 1.165) is 35.4 Å². The van der Waals surface area contributed by atoms with Crippen molar-refractivity contribution in [3.05, 3.63) is 89.2 Å². The van der Waals surface area contributed by atoms with E-state index in [1.807, 2.05) is 35.6 Å². The molecule has 1 saturated carbocycles. The van der Waals surface area contributed by atoms with E-state index in [1.165, 1.54) is 46.2 Å². The van der Waals surface area contributed by atoms with Gasteiger partial charge in [0.05, 0.1) is 5.52 Å². The third-order valence-corrected chi connectivity index (χ3v) is 8.91. The van der Waals surface area contributed by atoms with Crippen LogP contribution in [0.15, 0.2) is 72.8 Å². The minimum atomic E-state index is 0.619. The molecule has 3 aromatic carbocycles. The fraction of sp³-hybridized carbons (Fsp3) is 0.250. The number of anilines is 1. The molecule has 3 N–H and O–H groups in total. The lowest BCUT2D eigenvalue weighted by atomic mass is 9.81. The maximum Gasteiger partial charge on any atom is 0.154 e. The highest BCUT2D eigenvalue weighted by Gasteiger charge is 2.21. The molecule has 6 rings (SSSR count). The molecule has 38 heavy (non-hydrogen) atoms. The van der Waals surface area contributed by atoms with Crippen LogP contribution in [0.2, 0.25) is 5.02 Å². The summed E-state index contributed by atoms with van der Waals surface area (Å²) in [7, 11) is 0. The zero-order valence-electron chi connectivity index (χ0n) is 21.2. The quantitative estimate of drug-likeness (QED) is 0.218. The smallest absolute Gasteiger partial charge is 0.154 e. The van der Waals surface area contributed by atoms with Crippen molar-refractivity contribution in [2.24, 2.45) is 17.6 Å². The average molecular weight is 539 g/mol. The first-order chi connectivity index (χ1) is 18.6. The predicted octanol–water partition coefficient (Wildman–Crippen LogP) is 8.51. The number of aromatic nitrogens is 2. The molecule has 192 valence electrons. The number of hydrogen-bond acceptors (Lipinski definition) is 5. The van der Waals surface area contributed by atoms with Gasteiger partial charge in [-0.3, -0.25) is 0 Å². The first-order valence-corrected chi connectivity index (χ1v) is 14.5. The summed E-state index contributed by atoms with van der Waals surface area (Å²) in [5, 5.41) is 6.58. The zero-order valence-corrected chi connectivity index (χ0v) is 22.8. The highest BCUT2D eigenvalue weighted by atomic mass is 35.5. The molecule has 0 bridgehead atoms. The molecule has 1 aliphatic carbocycles. The van der Waals surface area contributed by atoms with Crippen molar-refractivity contribution in [2.45, 2.75) is 25.7 Å². The summed E-state index contributed by atoms with van der Waals surface area (Å²) in [6, 6.07) is 25.2. The first-order valence-electron chi connectivity index (χ1n) is 13.3. The lowest BCUT2D eigenvalue weighted by Crippen LogP contribution is -2.26. The summed E-state index contributed by atoms with van der Waals surface area (Å²) in [6.45, 7) is 1.68. The first kappa shape index (κ1) is 25.1. The van der Waals surface area contributed by atoms with Gasteiger partial charge < -0.3 is 11.1 Å². The Hall–Kier alpha value is -3.25. The second-order valence-corrected chi connectivity index (χ2v) is 11.7. The molecule has 0 radical (unpaired) electrons. The predicted molar refractivity (Wildman–Crippen MR) is 164 cm³/mol. The molecule has 2 aromatic heterocycles. The van der Waals surface area contributed by atoms with Gasteiger partial charge in [0.15, 0.2) is 5.82 Å². The number of nitrogens with one attached hydrogen (secondary N) is 1. The monoisotopic (exact) mass is 538 g/mol. The Balaban J connectivity index is 1.22. The molecular formula is C32H31ClN4S. The maximum absolute atomic E-state index is 6.31. The second-order valence-electron chi connectivity index (χ2n) is 10.2. The molecule has 0 aliphatic heterocycles. The van der Waals surface area contributed by atoms with Gasteiger partial charge >= 0.3 is 0 Å². The number of thiophene rings is 1. The van der Waals surface area contributed by atoms with Crippen LogP contribution in [0.1, 0.15) is 37.1 Å². The van der Waals surface area contributed by atoms with Crippen molar-refractivity contribution in [1.82, 2.24) is 9.97 Å². The Morgan fingerprint density at radius 3 is 2.63 bits per heavy atom. The Labute approximate surface area is 232 Å². The molecule has 6 heteroatoms. The molecule has 2 unspecified atom stereocenters. The van der Waals surface area contributed by atoms with Gasteiger partial charge in [-0.05, 0) is 90.6 Å². The number of nitrogens with zero attached hydrogens (tertiary/aromatic N) is 2. The largest absolute Gasteiger partial charge is 0.369 e. The summed E-state index contributed by atoms with van der Waals surface area (Å²) >= 11 is 8.13. The Bertz CT molecular complexity index is 1560. The number of nitrogens with two attached hydrogens (primary N) is 1. The van der Waals surface area contributed by atoms with Crippen LogP contribution < -0.4 is 11.1 Å². The number of benzene rings is 3. The molecule has 0 spiro atoms. The van der Waals surface area contributed by atoms with Crippen molar-refractivity contribution < 1.29 is 0 Å².